The van der Waals surface area contributed by atoms with Gasteiger partial charge in [0, 0.05) is 43.7 Å². The van der Waals surface area contributed by atoms with E-state index in [-0.39, 0.29) is 35.9 Å². The second kappa shape index (κ2) is 15.6. The predicted molar refractivity (Wildman–Crippen MR) is 180 cm³/mol. The molecule has 0 saturated heterocycles. The van der Waals surface area contributed by atoms with Gasteiger partial charge in [0.2, 0.25) is 17.8 Å². The van der Waals surface area contributed by atoms with E-state index in [1.807, 2.05) is 21.1 Å². The number of pyridine rings is 1. The van der Waals surface area contributed by atoms with Gasteiger partial charge < -0.3 is 19.3 Å². The molecule has 0 bridgehead atoms. The number of likely N-dealkylation sites (N-methyl/N-ethyl adjacent to an activating group) is 2. The lowest BCUT2D eigenvalue weighted by Crippen LogP contribution is -2.42. The van der Waals surface area contributed by atoms with Crippen molar-refractivity contribution >= 4 is 29.9 Å². The van der Waals surface area contributed by atoms with Gasteiger partial charge in [0.1, 0.15) is 0 Å². The first-order valence-corrected chi connectivity index (χ1v) is 15.6. The number of alkyl halides is 3. The number of rotatable bonds is 10. The van der Waals surface area contributed by atoms with E-state index in [0.29, 0.717) is 44.7 Å². The number of benzene rings is 2. The van der Waals surface area contributed by atoms with Crippen molar-refractivity contribution < 1.29 is 37.1 Å². The second-order valence-corrected chi connectivity index (χ2v) is 12.6. The molecule has 0 saturated carbocycles. The normalized spacial score (nSPS) is 11.4. The molecule has 266 valence electrons. The van der Waals surface area contributed by atoms with Crippen molar-refractivity contribution in [3.05, 3.63) is 83.7 Å². The van der Waals surface area contributed by atoms with Gasteiger partial charge in [0.05, 0.1) is 69.0 Å². The summed E-state index contributed by atoms with van der Waals surface area (Å²) in [6.45, 7) is 2.57. The van der Waals surface area contributed by atoms with Gasteiger partial charge in [-0.1, -0.05) is 12.1 Å². The highest BCUT2D eigenvalue weighted by Crippen LogP contribution is 2.38. The average molecular weight is 704 g/mol. The van der Waals surface area contributed by atoms with E-state index in [0.717, 1.165) is 18.7 Å². The summed E-state index contributed by atoms with van der Waals surface area (Å²) in [5.74, 6) is -0.709. The Morgan fingerprint density at radius 3 is 2.41 bits per heavy atom. The summed E-state index contributed by atoms with van der Waals surface area (Å²) in [5, 5.41) is 29.0. The van der Waals surface area contributed by atoms with E-state index in [9.17, 15) is 28.0 Å². The van der Waals surface area contributed by atoms with E-state index >= 15 is 0 Å². The first-order valence-electron chi connectivity index (χ1n) is 15.6. The molecular weight excluding hydrogens is 667 g/mol. The Bertz CT molecular complexity index is 2080. The van der Waals surface area contributed by atoms with E-state index in [2.05, 4.69) is 26.6 Å². The fourth-order valence-electron chi connectivity index (χ4n) is 5.18. The number of nitrogens with one attached hydrogen (secondary N) is 1. The van der Waals surface area contributed by atoms with Crippen LogP contribution in [0.2, 0.25) is 0 Å². The van der Waals surface area contributed by atoms with Crippen LogP contribution in [0.4, 0.5) is 19.1 Å². The number of carbonyl (C=O) groups excluding carboxylic acids is 3. The third-order valence-electron chi connectivity index (χ3n) is 7.87. The summed E-state index contributed by atoms with van der Waals surface area (Å²) in [4.78, 5) is 39.8. The SMILES string of the molecule is Cc1c(-c2ccnn2-c2ccc(C#N)cc2)cn2nc(NC(=O)CCC(=O)N(C)CC[N+](C)(C)C)nc2c1-c1cccc(C(F)(F)F)c1.O=C[O-]. The number of hydrogen-bond acceptors (Lipinski definition) is 8. The molecule has 51 heavy (non-hydrogen) atoms. The molecule has 0 aliphatic heterocycles. The maximum atomic E-state index is 13.8. The van der Waals surface area contributed by atoms with Gasteiger partial charge in [0.25, 0.3) is 0 Å². The van der Waals surface area contributed by atoms with Crippen LogP contribution in [0.3, 0.4) is 0 Å². The summed E-state index contributed by atoms with van der Waals surface area (Å²) >= 11 is 0. The summed E-state index contributed by atoms with van der Waals surface area (Å²) < 4.78 is 45.1. The minimum atomic E-state index is -4.57. The molecule has 13 nitrogen and oxygen atoms in total. The molecule has 5 rings (SSSR count). The molecule has 0 fully saturated rings. The van der Waals surface area contributed by atoms with Crippen molar-refractivity contribution in [1.29, 1.82) is 5.26 Å². The quantitative estimate of drug-likeness (QED) is 0.170. The van der Waals surface area contributed by atoms with Gasteiger partial charge in [-0.2, -0.15) is 28.5 Å². The molecule has 0 spiro atoms. The van der Waals surface area contributed by atoms with Crippen molar-refractivity contribution in [2.45, 2.75) is 25.9 Å². The Kier molecular flexibility index (Phi) is 11.6. The molecule has 1 N–H and O–H groups in total. The number of nitrogens with zero attached hydrogens (tertiary/aromatic N) is 8. The van der Waals surface area contributed by atoms with Gasteiger partial charge in [-0.15, -0.1) is 5.10 Å². The molecule has 3 heterocycles. The molecule has 16 heteroatoms. The van der Waals surface area contributed by atoms with Crippen molar-refractivity contribution in [2.75, 3.05) is 46.6 Å². The summed E-state index contributed by atoms with van der Waals surface area (Å²) in [7, 11) is 7.78. The Morgan fingerprint density at radius 2 is 1.78 bits per heavy atom. The molecule has 2 amide bonds. The average Bonchev–Trinajstić information content (AvgIpc) is 3.72. The van der Waals surface area contributed by atoms with Crippen LogP contribution >= 0.6 is 0 Å². The molecule has 0 unspecified atom stereocenters. The van der Waals surface area contributed by atoms with E-state index in [4.69, 9.17) is 9.90 Å². The molecule has 0 atom stereocenters. The van der Waals surface area contributed by atoms with Crippen LogP contribution in [0.5, 0.6) is 0 Å². The number of quaternary nitrogens is 1. The maximum absolute atomic E-state index is 13.8. The molecule has 2 aromatic carbocycles. The molecular formula is C35H36F3N9O4. The zero-order valence-corrected chi connectivity index (χ0v) is 28.6. The zero-order valence-electron chi connectivity index (χ0n) is 28.6. The van der Waals surface area contributed by atoms with Crippen molar-refractivity contribution in [1.82, 2.24) is 29.3 Å². The monoisotopic (exact) mass is 703 g/mol. The van der Waals surface area contributed by atoms with Gasteiger partial charge in [-0.25, -0.2) is 9.20 Å². The Hall–Kier alpha value is -6.08. The number of carbonyl (C=O) groups is 3. The molecule has 0 radical (unpaired) electrons. The smallest absolute Gasteiger partial charge is 0.416 e. The van der Waals surface area contributed by atoms with Crippen molar-refractivity contribution in [3.63, 3.8) is 0 Å². The van der Waals surface area contributed by atoms with E-state index in [1.165, 1.54) is 10.6 Å². The lowest BCUT2D eigenvalue weighted by molar-refractivity contribution is -0.869. The number of amides is 2. The number of aromatic nitrogens is 5. The largest absolute Gasteiger partial charge is 0.554 e. The first kappa shape index (κ1) is 37.7. The minimum Gasteiger partial charge on any atom is -0.554 e. The van der Waals surface area contributed by atoms with Crippen LogP contribution in [0.25, 0.3) is 33.7 Å². The third kappa shape index (κ3) is 9.34. The number of anilines is 1. The van der Waals surface area contributed by atoms with Gasteiger partial charge >= 0.3 is 6.18 Å². The summed E-state index contributed by atoms with van der Waals surface area (Å²) in [5.41, 5.74) is 3.00. The van der Waals surface area contributed by atoms with Crippen LogP contribution in [0, 0.1) is 18.3 Å². The van der Waals surface area contributed by atoms with Crippen molar-refractivity contribution in [2.24, 2.45) is 0 Å². The fourth-order valence-corrected chi connectivity index (χ4v) is 5.18. The van der Waals surface area contributed by atoms with Crippen molar-refractivity contribution in [3.8, 4) is 34.1 Å². The zero-order chi connectivity index (χ0) is 37.5. The lowest BCUT2D eigenvalue weighted by Gasteiger charge is -2.27. The highest BCUT2D eigenvalue weighted by molar-refractivity contribution is 5.93. The standard InChI is InChI=1S/C34H34F3N9O2.CH2O2/c1-22-27(28-15-16-39-45(28)26-11-9-23(20-38)10-12-26)21-44-32(31(22)24-7-6-8-25(19-24)34(35,36)37)41-33(42-44)40-29(47)13-14-30(48)43(2)17-18-46(3,4)5;2-1-3/h6-12,15-16,19,21H,13-14,17-18H2,1-5H3;1H,(H,2,3). The lowest BCUT2D eigenvalue weighted by atomic mass is 9.95. The Balaban J connectivity index is 0.00000188. The number of halogens is 3. The Morgan fingerprint density at radius 1 is 1.10 bits per heavy atom. The van der Waals surface area contributed by atoms with Crippen LogP contribution in [0.1, 0.15) is 29.5 Å². The van der Waals surface area contributed by atoms with Crippen LogP contribution < -0.4 is 10.4 Å². The first-order chi connectivity index (χ1) is 24.1. The fraction of sp³-hybridized carbons (Fsp3) is 0.286. The maximum Gasteiger partial charge on any atom is 0.416 e. The Labute approximate surface area is 291 Å². The highest BCUT2D eigenvalue weighted by Gasteiger charge is 2.31. The van der Waals surface area contributed by atoms with Gasteiger partial charge in [-0.05, 0) is 60.5 Å². The predicted octanol–water partition coefficient (Wildman–Crippen LogP) is 3.70. The molecule has 5 aromatic rings. The van der Waals surface area contributed by atoms with Gasteiger partial charge in [0.15, 0.2) is 5.65 Å². The van der Waals surface area contributed by atoms with Crippen LogP contribution in [-0.4, -0.2) is 93.3 Å². The topological polar surface area (TPSA) is 161 Å². The molecule has 0 aliphatic carbocycles. The van der Waals surface area contributed by atoms with Gasteiger partial charge in [-0.3, -0.25) is 14.9 Å². The number of hydrogen-bond donors (Lipinski definition) is 1. The minimum absolute atomic E-state index is 0.00900. The number of nitriles is 1. The molecule has 3 aromatic heterocycles. The number of carboxylic acid groups (broad SMARTS) is 1. The highest BCUT2D eigenvalue weighted by atomic mass is 19.4. The summed E-state index contributed by atoms with van der Waals surface area (Å²) in [6, 6.07) is 15.6. The molecule has 0 aliphatic rings. The summed E-state index contributed by atoms with van der Waals surface area (Å²) in [6.07, 6.45) is -1.42. The van der Waals surface area contributed by atoms with E-state index in [1.54, 1.807) is 72.3 Å². The van der Waals surface area contributed by atoms with E-state index < -0.39 is 24.1 Å². The third-order valence-corrected chi connectivity index (χ3v) is 7.87. The van der Waals surface area contributed by atoms with Crippen LogP contribution in [0.15, 0.2) is 67.0 Å². The van der Waals surface area contributed by atoms with Crippen LogP contribution in [-0.2, 0) is 20.6 Å². The number of fused-ring (bicyclic) bond motifs is 1. The second-order valence-electron chi connectivity index (χ2n) is 12.6.